The Labute approximate surface area is 102 Å². The zero-order chi connectivity index (χ0) is 12.8. The van der Waals surface area contributed by atoms with Gasteiger partial charge in [-0.05, 0) is 37.1 Å². The maximum Gasteiger partial charge on any atom is 0.252 e. The van der Waals surface area contributed by atoms with Crippen LogP contribution in [0.15, 0.2) is 18.2 Å². The van der Waals surface area contributed by atoms with Crippen molar-refractivity contribution in [2.45, 2.75) is 32.7 Å². The molecule has 0 aliphatic heterocycles. The summed E-state index contributed by atoms with van der Waals surface area (Å²) < 4.78 is 0. The Balaban J connectivity index is 2.79. The molecule has 0 bridgehead atoms. The van der Waals surface area contributed by atoms with Crippen molar-refractivity contribution in [3.63, 3.8) is 0 Å². The normalized spacial score (nSPS) is 11.6. The fourth-order valence-electron chi connectivity index (χ4n) is 1.66. The molecule has 0 aromatic heterocycles. The number of carbonyl (C=O) groups is 1. The second kappa shape index (κ2) is 5.95. The second-order valence-corrected chi connectivity index (χ2v) is 4.06. The summed E-state index contributed by atoms with van der Waals surface area (Å²) in [7, 11) is 0. The van der Waals surface area contributed by atoms with Crippen molar-refractivity contribution in [1.29, 1.82) is 0 Å². The van der Waals surface area contributed by atoms with Crippen molar-refractivity contribution < 1.29 is 4.79 Å². The summed E-state index contributed by atoms with van der Waals surface area (Å²) in [4.78, 5) is 12.0. The van der Waals surface area contributed by atoms with E-state index in [1.165, 1.54) is 0 Å². The van der Waals surface area contributed by atoms with Gasteiger partial charge in [0.1, 0.15) is 0 Å². The van der Waals surface area contributed by atoms with E-state index < -0.39 is 0 Å². The van der Waals surface area contributed by atoms with Gasteiger partial charge in [-0.25, -0.2) is 0 Å². The first-order valence-electron chi connectivity index (χ1n) is 5.71. The number of carbonyl (C=O) groups excluding carboxylic acids is 1. The third kappa shape index (κ3) is 3.53. The molecule has 1 aromatic carbocycles. The number of nitrogens with two attached hydrogens (primary N) is 1. The van der Waals surface area contributed by atoms with Crippen molar-refractivity contribution in [3.05, 3.63) is 29.3 Å². The van der Waals surface area contributed by atoms with Gasteiger partial charge >= 0.3 is 0 Å². The molecule has 0 radical (unpaired) electrons. The van der Waals surface area contributed by atoms with Crippen LogP contribution in [0.1, 0.15) is 35.7 Å². The van der Waals surface area contributed by atoms with Crippen LogP contribution in [0.4, 0.5) is 5.69 Å². The lowest BCUT2D eigenvalue weighted by molar-refractivity contribution is 0.0943. The fourth-order valence-corrected chi connectivity index (χ4v) is 1.66. The van der Waals surface area contributed by atoms with E-state index in [0.29, 0.717) is 11.3 Å². The topological polar surface area (TPSA) is 55.1 Å². The van der Waals surface area contributed by atoms with Crippen LogP contribution in [-0.2, 0) is 0 Å². The summed E-state index contributed by atoms with van der Waals surface area (Å²) in [6, 6.07) is 5.01. The van der Waals surface area contributed by atoms with Gasteiger partial charge in [-0.3, -0.25) is 4.79 Å². The average Bonchev–Trinajstić information content (AvgIpc) is 2.28. The molecular formula is C14H18N2O. The van der Waals surface area contributed by atoms with E-state index in [0.717, 1.165) is 18.4 Å². The fraction of sp³-hybridized carbons (Fsp3) is 0.357. The predicted octanol–water partition coefficient (Wildman–Crippen LogP) is 2.11. The summed E-state index contributed by atoms with van der Waals surface area (Å²) in [6.07, 6.45) is 7.09. The Bertz CT molecular complexity index is 446. The van der Waals surface area contributed by atoms with Crippen LogP contribution in [0.5, 0.6) is 0 Å². The lowest BCUT2D eigenvalue weighted by Crippen LogP contribution is -2.34. The lowest BCUT2D eigenvalue weighted by atomic mass is 10.1. The van der Waals surface area contributed by atoms with Crippen molar-refractivity contribution in [1.82, 2.24) is 5.32 Å². The van der Waals surface area contributed by atoms with Crippen molar-refractivity contribution >= 4 is 11.6 Å². The van der Waals surface area contributed by atoms with E-state index in [2.05, 4.69) is 11.2 Å². The van der Waals surface area contributed by atoms with Crippen LogP contribution in [0.25, 0.3) is 0 Å². The Morgan fingerprint density at radius 1 is 1.59 bits per heavy atom. The van der Waals surface area contributed by atoms with Crippen molar-refractivity contribution in [2.24, 2.45) is 0 Å². The summed E-state index contributed by atoms with van der Waals surface area (Å²) in [5.74, 6) is 2.44. The Hall–Kier alpha value is -1.95. The van der Waals surface area contributed by atoms with E-state index in [4.69, 9.17) is 12.2 Å². The molecule has 0 saturated heterocycles. The number of nitrogens with one attached hydrogen (secondary N) is 1. The number of aryl methyl sites for hydroxylation is 1. The number of rotatable bonds is 4. The number of terminal acetylenes is 1. The van der Waals surface area contributed by atoms with Gasteiger partial charge in [0.25, 0.3) is 5.91 Å². The first-order valence-corrected chi connectivity index (χ1v) is 5.71. The quantitative estimate of drug-likeness (QED) is 0.615. The van der Waals surface area contributed by atoms with Gasteiger partial charge in [-0.2, -0.15) is 0 Å². The second-order valence-electron chi connectivity index (χ2n) is 4.06. The van der Waals surface area contributed by atoms with Gasteiger partial charge in [0.15, 0.2) is 0 Å². The number of nitrogen functional groups attached to an aromatic ring is 1. The van der Waals surface area contributed by atoms with Crippen LogP contribution in [0, 0.1) is 19.3 Å². The van der Waals surface area contributed by atoms with Gasteiger partial charge in [-0.15, -0.1) is 6.42 Å². The van der Waals surface area contributed by atoms with E-state index >= 15 is 0 Å². The zero-order valence-electron chi connectivity index (χ0n) is 10.3. The molecule has 17 heavy (non-hydrogen) atoms. The lowest BCUT2D eigenvalue weighted by Gasteiger charge is -2.13. The molecule has 1 unspecified atom stereocenters. The Morgan fingerprint density at radius 3 is 2.82 bits per heavy atom. The number of anilines is 1. The predicted molar refractivity (Wildman–Crippen MR) is 70.6 cm³/mol. The molecule has 3 N–H and O–H groups in total. The maximum absolute atomic E-state index is 12.0. The summed E-state index contributed by atoms with van der Waals surface area (Å²) in [5.41, 5.74) is 7.77. The SMILES string of the molecule is C#CC(CCC)NC(=O)c1ccc(N)cc1C. The van der Waals surface area contributed by atoms with E-state index in [1.807, 2.05) is 13.8 Å². The van der Waals surface area contributed by atoms with Gasteiger partial charge in [0, 0.05) is 11.3 Å². The van der Waals surface area contributed by atoms with E-state index in [-0.39, 0.29) is 11.9 Å². The molecule has 1 amide bonds. The molecule has 0 saturated carbocycles. The van der Waals surface area contributed by atoms with Gasteiger partial charge < -0.3 is 11.1 Å². The van der Waals surface area contributed by atoms with Crippen LogP contribution in [0.2, 0.25) is 0 Å². The van der Waals surface area contributed by atoms with E-state index in [1.54, 1.807) is 18.2 Å². The highest BCUT2D eigenvalue weighted by molar-refractivity contribution is 5.96. The van der Waals surface area contributed by atoms with Crippen LogP contribution in [-0.4, -0.2) is 11.9 Å². The monoisotopic (exact) mass is 230 g/mol. The summed E-state index contributed by atoms with van der Waals surface area (Å²) in [6.45, 7) is 3.89. The highest BCUT2D eigenvalue weighted by atomic mass is 16.1. The largest absolute Gasteiger partial charge is 0.399 e. The minimum Gasteiger partial charge on any atom is -0.399 e. The first-order chi connectivity index (χ1) is 8.08. The van der Waals surface area contributed by atoms with Crippen LogP contribution >= 0.6 is 0 Å². The molecule has 0 aliphatic carbocycles. The molecule has 0 spiro atoms. The summed E-state index contributed by atoms with van der Waals surface area (Å²) in [5, 5.41) is 2.83. The molecule has 1 aromatic rings. The molecule has 3 heteroatoms. The molecule has 0 heterocycles. The molecule has 3 nitrogen and oxygen atoms in total. The van der Waals surface area contributed by atoms with Crippen LogP contribution in [0.3, 0.4) is 0 Å². The minimum absolute atomic E-state index is 0.140. The number of hydrogen-bond acceptors (Lipinski definition) is 2. The first kappa shape index (κ1) is 13.1. The molecule has 90 valence electrons. The third-order valence-electron chi connectivity index (χ3n) is 2.58. The molecule has 1 atom stereocenters. The molecular weight excluding hydrogens is 212 g/mol. The number of hydrogen-bond donors (Lipinski definition) is 2. The van der Waals surface area contributed by atoms with Gasteiger partial charge in [-0.1, -0.05) is 19.3 Å². The molecule has 1 rings (SSSR count). The highest BCUT2D eigenvalue weighted by Gasteiger charge is 2.12. The Morgan fingerprint density at radius 2 is 2.29 bits per heavy atom. The Kier molecular flexibility index (Phi) is 4.59. The third-order valence-corrected chi connectivity index (χ3v) is 2.58. The summed E-state index contributed by atoms with van der Waals surface area (Å²) >= 11 is 0. The smallest absolute Gasteiger partial charge is 0.252 e. The van der Waals surface area contributed by atoms with Gasteiger partial charge in [0.05, 0.1) is 6.04 Å². The van der Waals surface area contributed by atoms with Crippen molar-refractivity contribution in [3.8, 4) is 12.3 Å². The number of benzene rings is 1. The maximum atomic E-state index is 12.0. The minimum atomic E-state index is -0.204. The van der Waals surface area contributed by atoms with Gasteiger partial charge in [0.2, 0.25) is 0 Å². The van der Waals surface area contributed by atoms with E-state index in [9.17, 15) is 4.79 Å². The molecule has 0 fully saturated rings. The number of amides is 1. The average molecular weight is 230 g/mol. The zero-order valence-corrected chi connectivity index (χ0v) is 10.3. The van der Waals surface area contributed by atoms with Crippen LogP contribution < -0.4 is 11.1 Å². The van der Waals surface area contributed by atoms with Crippen molar-refractivity contribution in [2.75, 3.05) is 5.73 Å². The molecule has 0 aliphatic rings. The highest BCUT2D eigenvalue weighted by Crippen LogP contribution is 2.12. The standard InChI is InChI=1S/C14H18N2O/c1-4-6-12(5-2)16-14(17)13-8-7-11(15)9-10(13)3/h2,7-9,12H,4,6,15H2,1,3H3,(H,16,17).